The van der Waals surface area contributed by atoms with Crippen LogP contribution < -0.4 is 0 Å². The molecule has 0 bridgehead atoms. The molecule has 0 saturated carbocycles. The lowest BCUT2D eigenvalue weighted by Crippen LogP contribution is -2.49. The van der Waals surface area contributed by atoms with Crippen molar-refractivity contribution < 1.29 is 4.79 Å². The highest BCUT2D eigenvalue weighted by atomic mass is 16.2. The van der Waals surface area contributed by atoms with Crippen molar-refractivity contribution in [2.24, 2.45) is 7.05 Å². The average molecular weight is 338 g/mol. The summed E-state index contributed by atoms with van der Waals surface area (Å²) in [5, 5.41) is 5.42. The fourth-order valence-corrected chi connectivity index (χ4v) is 3.28. The number of nitrogens with zero attached hydrogens (tertiary/aromatic N) is 6. The number of carbonyl (C=O) groups is 1. The maximum atomic E-state index is 12.6. The predicted molar refractivity (Wildman–Crippen MR) is 94.8 cm³/mol. The van der Waals surface area contributed by atoms with E-state index in [9.17, 15) is 4.79 Å². The third-order valence-corrected chi connectivity index (χ3v) is 4.85. The normalized spacial score (nSPS) is 15.8. The van der Waals surface area contributed by atoms with Gasteiger partial charge in [0.2, 0.25) is 5.91 Å². The molecule has 1 fully saturated rings. The minimum Gasteiger partial charge on any atom is -0.339 e. The molecule has 3 aromatic rings. The van der Waals surface area contributed by atoms with E-state index in [1.165, 1.54) is 0 Å². The fraction of sp³-hybridized carbons (Fsp3) is 0.389. The molecular weight excluding hydrogens is 316 g/mol. The Morgan fingerprint density at radius 2 is 1.96 bits per heavy atom. The summed E-state index contributed by atoms with van der Waals surface area (Å²) in [6.45, 7) is 4.38. The Kier molecular flexibility index (Phi) is 4.23. The van der Waals surface area contributed by atoms with E-state index < -0.39 is 0 Å². The van der Waals surface area contributed by atoms with Crippen molar-refractivity contribution in [3.05, 3.63) is 48.7 Å². The molecular formula is C18H22N6O. The van der Waals surface area contributed by atoms with E-state index in [-0.39, 0.29) is 5.91 Å². The SMILES string of the molecule is Cn1ccnc1CN1CCN(C(=O)Cn2ncc3ccccc32)CC1. The van der Waals surface area contributed by atoms with E-state index in [0.29, 0.717) is 6.54 Å². The quantitative estimate of drug-likeness (QED) is 0.715. The number of aryl methyl sites for hydroxylation is 1. The highest BCUT2D eigenvalue weighted by molar-refractivity contribution is 5.82. The van der Waals surface area contributed by atoms with Gasteiger partial charge in [0.25, 0.3) is 0 Å². The van der Waals surface area contributed by atoms with Crippen LogP contribution in [0.1, 0.15) is 5.82 Å². The number of piperazine rings is 1. The molecule has 4 rings (SSSR count). The zero-order valence-corrected chi connectivity index (χ0v) is 14.4. The van der Waals surface area contributed by atoms with Crippen LogP contribution in [0.25, 0.3) is 10.9 Å². The summed E-state index contributed by atoms with van der Waals surface area (Å²) in [6, 6.07) is 7.97. The van der Waals surface area contributed by atoms with Crippen LogP contribution in [0.5, 0.6) is 0 Å². The minimum atomic E-state index is 0.130. The monoisotopic (exact) mass is 338 g/mol. The van der Waals surface area contributed by atoms with E-state index >= 15 is 0 Å². The van der Waals surface area contributed by atoms with E-state index in [1.54, 1.807) is 4.68 Å². The fourth-order valence-electron chi connectivity index (χ4n) is 3.28. The van der Waals surface area contributed by atoms with E-state index in [4.69, 9.17) is 0 Å². The first-order chi connectivity index (χ1) is 12.2. The number of hydrogen-bond donors (Lipinski definition) is 0. The first-order valence-electron chi connectivity index (χ1n) is 8.57. The Labute approximate surface area is 146 Å². The molecule has 1 aliphatic heterocycles. The van der Waals surface area contributed by atoms with Crippen LogP contribution in [0.3, 0.4) is 0 Å². The molecule has 0 aliphatic carbocycles. The highest BCUT2D eigenvalue weighted by Gasteiger charge is 2.22. The van der Waals surface area contributed by atoms with E-state index in [2.05, 4.69) is 15.0 Å². The summed E-state index contributed by atoms with van der Waals surface area (Å²) in [5.74, 6) is 1.19. The predicted octanol–water partition coefficient (Wildman–Crippen LogP) is 1.11. The summed E-state index contributed by atoms with van der Waals surface area (Å²) in [5.41, 5.74) is 1.00. The van der Waals surface area contributed by atoms with Gasteiger partial charge in [-0.25, -0.2) is 4.98 Å². The number of aromatic nitrogens is 4. The molecule has 0 radical (unpaired) electrons. The molecule has 0 N–H and O–H groups in total. The first-order valence-corrected chi connectivity index (χ1v) is 8.57. The second-order valence-electron chi connectivity index (χ2n) is 6.47. The molecule has 0 spiro atoms. The zero-order chi connectivity index (χ0) is 17.2. The number of rotatable bonds is 4. The van der Waals surface area contributed by atoms with Gasteiger partial charge in [-0.2, -0.15) is 5.10 Å². The molecule has 1 amide bonds. The maximum Gasteiger partial charge on any atom is 0.244 e. The van der Waals surface area contributed by atoms with Crippen LogP contribution >= 0.6 is 0 Å². The Bertz CT molecular complexity index is 874. The van der Waals surface area contributed by atoms with Crippen molar-refractivity contribution in [3.63, 3.8) is 0 Å². The number of para-hydroxylation sites is 1. The van der Waals surface area contributed by atoms with Gasteiger partial charge in [0.1, 0.15) is 12.4 Å². The van der Waals surface area contributed by atoms with Crippen LogP contribution in [-0.2, 0) is 24.9 Å². The minimum absolute atomic E-state index is 0.130. The lowest BCUT2D eigenvalue weighted by molar-refractivity contribution is -0.133. The van der Waals surface area contributed by atoms with Gasteiger partial charge >= 0.3 is 0 Å². The van der Waals surface area contributed by atoms with Crippen LogP contribution in [0, 0.1) is 0 Å². The van der Waals surface area contributed by atoms with Crippen LogP contribution in [0.15, 0.2) is 42.9 Å². The molecule has 3 heterocycles. The number of amides is 1. The molecule has 1 saturated heterocycles. The van der Waals surface area contributed by atoms with Crippen LogP contribution in [0.2, 0.25) is 0 Å². The van der Waals surface area contributed by atoms with Gasteiger partial charge in [-0.05, 0) is 6.07 Å². The van der Waals surface area contributed by atoms with Gasteiger partial charge < -0.3 is 9.47 Å². The third kappa shape index (κ3) is 3.28. The number of carbonyl (C=O) groups excluding carboxylic acids is 1. The largest absolute Gasteiger partial charge is 0.339 e. The van der Waals surface area contributed by atoms with Crippen LogP contribution in [-0.4, -0.2) is 61.2 Å². The molecule has 25 heavy (non-hydrogen) atoms. The molecule has 1 aliphatic rings. The topological polar surface area (TPSA) is 59.2 Å². The number of benzene rings is 1. The number of fused-ring (bicyclic) bond motifs is 1. The molecule has 2 aromatic heterocycles. The van der Waals surface area contributed by atoms with Gasteiger partial charge in [0, 0.05) is 51.0 Å². The molecule has 0 atom stereocenters. The van der Waals surface area contributed by atoms with E-state index in [0.717, 1.165) is 49.5 Å². The van der Waals surface area contributed by atoms with Crippen molar-refractivity contribution in [1.29, 1.82) is 0 Å². The molecule has 7 heteroatoms. The summed E-state index contributed by atoms with van der Waals surface area (Å²) in [7, 11) is 2.01. The van der Waals surface area contributed by atoms with Crippen molar-refractivity contribution >= 4 is 16.8 Å². The van der Waals surface area contributed by atoms with Crippen molar-refractivity contribution in [2.75, 3.05) is 26.2 Å². The van der Waals surface area contributed by atoms with Crippen molar-refractivity contribution in [3.8, 4) is 0 Å². The highest BCUT2D eigenvalue weighted by Crippen LogP contribution is 2.13. The average Bonchev–Trinajstić information content (AvgIpc) is 3.22. The number of hydrogen-bond acceptors (Lipinski definition) is 4. The molecule has 1 aromatic carbocycles. The zero-order valence-electron chi connectivity index (χ0n) is 14.4. The Hall–Kier alpha value is -2.67. The second kappa shape index (κ2) is 6.68. The summed E-state index contributed by atoms with van der Waals surface area (Å²) >= 11 is 0. The van der Waals surface area contributed by atoms with Gasteiger partial charge in [-0.3, -0.25) is 14.4 Å². The van der Waals surface area contributed by atoms with Gasteiger partial charge in [0.05, 0.1) is 18.3 Å². The summed E-state index contributed by atoms with van der Waals surface area (Å²) in [4.78, 5) is 21.3. The lowest BCUT2D eigenvalue weighted by Gasteiger charge is -2.34. The van der Waals surface area contributed by atoms with Crippen molar-refractivity contribution in [1.82, 2.24) is 29.1 Å². The Balaban J connectivity index is 1.34. The first kappa shape index (κ1) is 15.8. The lowest BCUT2D eigenvalue weighted by atomic mass is 10.2. The third-order valence-electron chi connectivity index (χ3n) is 4.85. The second-order valence-corrected chi connectivity index (χ2v) is 6.47. The number of imidazole rings is 1. The Morgan fingerprint density at radius 1 is 1.16 bits per heavy atom. The van der Waals surface area contributed by atoms with Gasteiger partial charge in [0.15, 0.2) is 0 Å². The smallest absolute Gasteiger partial charge is 0.244 e. The summed E-state index contributed by atoms with van der Waals surface area (Å²) < 4.78 is 3.83. The van der Waals surface area contributed by atoms with Crippen LogP contribution in [0.4, 0.5) is 0 Å². The Morgan fingerprint density at radius 3 is 2.72 bits per heavy atom. The molecule has 130 valence electrons. The van der Waals surface area contributed by atoms with Gasteiger partial charge in [-0.15, -0.1) is 0 Å². The van der Waals surface area contributed by atoms with E-state index in [1.807, 2.05) is 59.4 Å². The van der Waals surface area contributed by atoms with Crippen molar-refractivity contribution in [2.45, 2.75) is 13.1 Å². The maximum absolute atomic E-state index is 12.6. The standard InChI is InChI=1S/C18H22N6O/c1-21-7-6-19-17(21)13-22-8-10-23(11-9-22)18(25)14-24-16-5-3-2-4-15(16)12-20-24/h2-7,12H,8-11,13-14H2,1H3. The molecule has 7 nitrogen and oxygen atoms in total. The summed E-state index contributed by atoms with van der Waals surface area (Å²) in [6.07, 6.45) is 5.60. The molecule has 0 unspecified atom stereocenters. The van der Waals surface area contributed by atoms with Gasteiger partial charge in [-0.1, -0.05) is 18.2 Å².